The fraction of sp³-hybridized carbons (Fsp3) is 0.600. The van der Waals surface area contributed by atoms with Crippen molar-refractivity contribution in [1.82, 2.24) is 24.6 Å². The van der Waals surface area contributed by atoms with Crippen LogP contribution in [0.3, 0.4) is 0 Å². The van der Waals surface area contributed by atoms with Crippen LogP contribution in [0.15, 0.2) is 36.9 Å². The summed E-state index contributed by atoms with van der Waals surface area (Å²) in [6, 6.07) is 4.05. The minimum atomic E-state index is 0.367. The van der Waals surface area contributed by atoms with Gasteiger partial charge < -0.3 is 9.64 Å². The molecule has 4 heterocycles. The summed E-state index contributed by atoms with van der Waals surface area (Å²) >= 11 is 0. The topological polar surface area (TPSA) is 46.4 Å². The molecule has 140 valence electrons. The minimum absolute atomic E-state index is 0.367. The van der Waals surface area contributed by atoms with E-state index in [2.05, 4.69) is 39.2 Å². The molecule has 2 atom stereocenters. The Balaban J connectivity index is 1.35. The highest BCUT2D eigenvalue weighted by Crippen LogP contribution is 2.43. The smallest absolute Gasteiger partial charge is 0.0731 e. The lowest BCUT2D eigenvalue weighted by atomic mass is 9.77. The third kappa shape index (κ3) is 3.82. The van der Waals surface area contributed by atoms with Gasteiger partial charge in [0.15, 0.2) is 0 Å². The van der Waals surface area contributed by atoms with E-state index in [4.69, 9.17) is 4.74 Å². The van der Waals surface area contributed by atoms with E-state index in [1.54, 1.807) is 6.20 Å². The maximum absolute atomic E-state index is 6.10. The molecule has 0 radical (unpaired) electrons. The molecular weight excluding hydrogens is 326 g/mol. The van der Waals surface area contributed by atoms with Gasteiger partial charge in [0.2, 0.25) is 0 Å². The van der Waals surface area contributed by atoms with Crippen molar-refractivity contribution in [2.75, 3.05) is 39.8 Å². The van der Waals surface area contributed by atoms with Crippen LogP contribution in [-0.2, 0) is 24.9 Å². The summed E-state index contributed by atoms with van der Waals surface area (Å²) in [7, 11) is 4.23. The van der Waals surface area contributed by atoms with Crippen molar-refractivity contribution in [2.45, 2.75) is 19.6 Å². The molecule has 26 heavy (non-hydrogen) atoms. The van der Waals surface area contributed by atoms with E-state index in [0.29, 0.717) is 17.9 Å². The van der Waals surface area contributed by atoms with Crippen LogP contribution in [-0.4, -0.2) is 64.4 Å². The Morgan fingerprint density at radius 3 is 2.92 bits per heavy atom. The van der Waals surface area contributed by atoms with Gasteiger partial charge >= 0.3 is 0 Å². The molecule has 0 saturated carbocycles. The molecule has 6 heteroatoms. The lowest BCUT2D eigenvalue weighted by Gasteiger charge is -2.30. The van der Waals surface area contributed by atoms with Crippen LogP contribution in [0.4, 0.5) is 0 Å². The molecule has 2 aromatic heterocycles. The molecule has 2 fully saturated rings. The quantitative estimate of drug-likeness (QED) is 0.791. The molecule has 6 nitrogen and oxygen atoms in total. The highest BCUT2D eigenvalue weighted by atomic mass is 16.5. The monoisotopic (exact) mass is 355 g/mol. The van der Waals surface area contributed by atoms with Gasteiger partial charge in [0, 0.05) is 68.7 Å². The highest BCUT2D eigenvalue weighted by Gasteiger charge is 2.49. The predicted molar refractivity (Wildman–Crippen MR) is 100 cm³/mol. The standard InChI is InChI=1S/C20H29N5O/c1-23-12-19(14-26-13-17-4-3-6-21-8-17)20(15-23)5-7-25(16-20)11-18-9-22-24(2)10-18/h3-4,6,8-10,19H,5,7,11-16H2,1-2H3/t19-,20-/m0/s1. The molecule has 4 rings (SSSR count). The van der Waals surface area contributed by atoms with Crippen molar-refractivity contribution in [3.63, 3.8) is 0 Å². The van der Waals surface area contributed by atoms with Crippen LogP contribution in [0.1, 0.15) is 17.5 Å². The van der Waals surface area contributed by atoms with Gasteiger partial charge in [0.25, 0.3) is 0 Å². The summed E-state index contributed by atoms with van der Waals surface area (Å²) in [5, 5.41) is 4.30. The summed E-state index contributed by atoms with van der Waals surface area (Å²) in [6.07, 6.45) is 9.07. The van der Waals surface area contributed by atoms with Gasteiger partial charge in [-0.3, -0.25) is 14.6 Å². The fourth-order valence-electron chi connectivity index (χ4n) is 4.73. The molecule has 2 saturated heterocycles. The Hall–Kier alpha value is -1.76. The highest BCUT2D eigenvalue weighted by molar-refractivity contribution is 5.08. The minimum Gasteiger partial charge on any atom is -0.376 e. The second-order valence-corrected chi connectivity index (χ2v) is 8.12. The van der Waals surface area contributed by atoms with Gasteiger partial charge in [0.1, 0.15) is 0 Å². The Bertz CT molecular complexity index is 718. The summed E-state index contributed by atoms with van der Waals surface area (Å²) in [4.78, 5) is 9.23. The maximum atomic E-state index is 6.10. The summed E-state index contributed by atoms with van der Waals surface area (Å²) < 4.78 is 7.99. The second-order valence-electron chi connectivity index (χ2n) is 8.12. The van der Waals surface area contributed by atoms with Gasteiger partial charge in [-0.15, -0.1) is 0 Å². The van der Waals surface area contributed by atoms with Crippen LogP contribution in [0.2, 0.25) is 0 Å². The molecule has 2 aliphatic rings. The molecule has 0 aliphatic carbocycles. The number of hydrogen-bond acceptors (Lipinski definition) is 5. The third-order valence-corrected chi connectivity index (χ3v) is 5.92. The molecule has 2 aliphatic heterocycles. The zero-order valence-corrected chi connectivity index (χ0v) is 15.8. The molecule has 0 unspecified atom stereocenters. The fourth-order valence-corrected chi connectivity index (χ4v) is 4.73. The molecule has 2 aromatic rings. The molecular formula is C20H29N5O. The number of aryl methyl sites for hydroxylation is 1. The van der Waals surface area contributed by atoms with Gasteiger partial charge in [0.05, 0.1) is 19.4 Å². The SMILES string of the molecule is CN1C[C@@H](COCc2cccnc2)[C@@]2(CCN(Cc3cnn(C)c3)C2)C1. The first-order valence-electron chi connectivity index (χ1n) is 9.48. The van der Waals surface area contributed by atoms with Crippen molar-refractivity contribution in [1.29, 1.82) is 0 Å². The van der Waals surface area contributed by atoms with Crippen LogP contribution in [0.25, 0.3) is 0 Å². The Labute approximate surface area is 155 Å². The Morgan fingerprint density at radius 2 is 2.15 bits per heavy atom. The largest absolute Gasteiger partial charge is 0.376 e. The first-order chi connectivity index (χ1) is 12.6. The van der Waals surface area contributed by atoms with Crippen molar-refractivity contribution >= 4 is 0 Å². The number of nitrogens with zero attached hydrogens (tertiary/aromatic N) is 5. The van der Waals surface area contributed by atoms with Crippen molar-refractivity contribution in [2.24, 2.45) is 18.4 Å². The summed E-state index contributed by atoms with van der Waals surface area (Å²) in [6.45, 7) is 7.13. The summed E-state index contributed by atoms with van der Waals surface area (Å²) in [5.41, 5.74) is 2.82. The number of rotatable bonds is 6. The van der Waals surface area contributed by atoms with Gasteiger partial charge in [-0.1, -0.05) is 6.07 Å². The van der Waals surface area contributed by atoms with E-state index in [-0.39, 0.29) is 0 Å². The number of pyridine rings is 1. The van der Waals surface area contributed by atoms with Gasteiger partial charge in [-0.2, -0.15) is 5.10 Å². The van der Waals surface area contributed by atoms with Crippen LogP contribution >= 0.6 is 0 Å². The first-order valence-corrected chi connectivity index (χ1v) is 9.48. The zero-order chi connectivity index (χ0) is 18.0. The van der Waals surface area contributed by atoms with Crippen molar-refractivity contribution < 1.29 is 4.74 Å². The predicted octanol–water partition coefficient (Wildman–Crippen LogP) is 1.79. The van der Waals surface area contributed by atoms with E-state index in [0.717, 1.165) is 31.8 Å². The maximum Gasteiger partial charge on any atom is 0.0731 e. The number of hydrogen-bond donors (Lipinski definition) is 0. The molecule has 0 N–H and O–H groups in total. The molecule has 0 aromatic carbocycles. The Kier molecular flexibility index (Phi) is 5.07. The van der Waals surface area contributed by atoms with Crippen molar-refractivity contribution in [3.05, 3.63) is 48.0 Å². The van der Waals surface area contributed by atoms with E-state index in [9.17, 15) is 0 Å². The zero-order valence-electron chi connectivity index (χ0n) is 15.8. The average molecular weight is 355 g/mol. The normalized spacial score (nSPS) is 26.9. The van der Waals surface area contributed by atoms with Crippen LogP contribution in [0.5, 0.6) is 0 Å². The Morgan fingerprint density at radius 1 is 1.23 bits per heavy atom. The lowest BCUT2D eigenvalue weighted by molar-refractivity contribution is 0.0515. The number of likely N-dealkylation sites (tertiary alicyclic amines) is 2. The first kappa shape index (κ1) is 17.6. The van der Waals surface area contributed by atoms with Gasteiger partial charge in [-0.05, 0) is 31.6 Å². The van der Waals surface area contributed by atoms with Crippen LogP contribution in [0, 0.1) is 11.3 Å². The van der Waals surface area contributed by atoms with E-state index < -0.39 is 0 Å². The molecule has 0 bridgehead atoms. The molecule has 1 spiro atoms. The van der Waals surface area contributed by atoms with E-state index in [1.807, 2.05) is 30.2 Å². The van der Waals surface area contributed by atoms with E-state index in [1.165, 1.54) is 25.1 Å². The average Bonchev–Trinajstić information content (AvgIpc) is 3.30. The van der Waals surface area contributed by atoms with Crippen LogP contribution < -0.4 is 0 Å². The van der Waals surface area contributed by atoms with Crippen molar-refractivity contribution in [3.8, 4) is 0 Å². The van der Waals surface area contributed by atoms with E-state index >= 15 is 0 Å². The lowest BCUT2D eigenvalue weighted by Crippen LogP contribution is -2.36. The van der Waals surface area contributed by atoms with Gasteiger partial charge in [-0.25, -0.2) is 0 Å². The molecule has 0 amide bonds. The summed E-state index contributed by atoms with van der Waals surface area (Å²) in [5.74, 6) is 0.600. The second kappa shape index (κ2) is 7.47. The number of ether oxygens (including phenoxy) is 1. The third-order valence-electron chi connectivity index (χ3n) is 5.92. The number of aromatic nitrogens is 3.